The summed E-state index contributed by atoms with van der Waals surface area (Å²) >= 11 is 0. The van der Waals surface area contributed by atoms with Crippen molar-refractivity contribution in [3.8, 4) is 0 Å². The molecule has 1 N–H and O–H groups in total. The number of esters is 1. The molecule has 2 fully saturated rings. The first-order valence-electron chi connectivity index (χ1n) is 9.68. The standard InChI is InChI=1S/C20H36O5/c1-12(2)23-18(22)20(7)11-19(20,6)9-8-14(4)24-17-13(3)10-16(21)15(5)25-17/h12-17,21H,8-11H2,1-7H3/t13-,14-,15+,16-,17-,19+,20+/m1/s1. The summed E-state index contributed by atoms with van der Waals surface area (Å²) in [6, 6.07) is 0. The van der Waals surface area contributed by atoms with E-state index in [-0.39, 0.29) is 47.3 Å². The van der Waals surface area contributed by atoms with Crippen molar-refractivity contribution >= 4 is 5.97 Å². The lowest BCUT2D eigenvalue weighted by Gasteiger charge is -2.37. The maximum atomic E-state index is 12.3. The first-order valence-corrected chi connectivity index (χ1v) is 9.68. The van der Waals surface area contributed by atoms with Crippen LogP contribution in [0.1, 0.15) is 74.1 Å². The summed E-state index contributed by atoms with van der Waals surface area (Å²) in [5.74, 6) is 0.0991. The van der Waals surface area contributed by atoms with Crippen LogP contribution in [-0.2, 0) is 19.0 Å². The normalized spacial score (nSPS) is 42.3. The Morgan fingerprint density at radius 3 is 2.52 bits per heavy atom. The lowest BCUT2D eigenvalue weighted by molar-refractivity contribution is -0.255. The Balaban J connectivity index is 1.80. The zero-order valence-electron chi connectivity index (χ0n) is 16.9. The number of aliphatic hydroxyl groups excluding tert-OH is 1. The van der Waals surface area contributed by atoms with Gasteiger partial charge < -0.3 is 19.3 Å². The third-order valence-corrected chi connectivity index (χ3v) is 6.18. The van der Waals surface area contributed by atoms with E-state index >= 15 is 0 Å². The lowest BCUT2D eigenvalue weighted by atomic mass is 9.90. The zero-order chi connectivity index (χ0) is 19.0. The van der Waals surface area contributed by atoms with Crippen molar-refractivity contribution in [2.45, 2.75) is 105 Å². The van der Waals surface area contributed by atoms with Gasteiger partial charge in [-0.15, -0.1) is 0 Å². The van der Waals surface area contributed by atoms with Gasteiger partial charge in [0.2, 0.25) is 0 Å². The molecule has 0 radical (unpaired) electrons. The van der Waals surface area contributed by atoms with Gasteiger partial charge >= 0.3 is 5.97 Å². The summed E-state index contributed by atoms with van der Waals surface area (Å²) in [5.41, 5.74) is -0.386. The summed E-state index contributed by atoms with van der Waals surface area (Å²) < 4.78 is 17.3. The number of hydrogen-bond donors (Lipinski definition) is 1. The molecule has 1 aliphatic carbocycles. The van der Waals surface area contributed by atoms with Crippen molar-refractivity contribution < 1.29 is 24.1 Å². The summed E-state index contributed by atoms with van der Waals surface area (Å²) in [6.45, 7) is 13.9. The van der Waals surface area contributed by atoms with E-state index in [0.717, 1.165) is 19.3 Å². The molecule has 0 aromatic carbocycles. The molecule has 25 heavy (non-hydrogen) atoms. The summed E-state index contributed by atoms with van der Waals surface area (Å²) in [5, 5.41) is 9.87. The third kappa shape index (κ3) is 4.55. The van der Waals surface area contributed by atoms with Crippen LogP contribution in [0, 0.1) is 16.7 Å². The third-order valence-electron chi connectivity index (χ3n) is 6.18. The molecule has 0 bridgehead atoms. The largest absolute Gasteiger partial charge is 0.463 e. The second-order valence-electron chi connectivity index (χ2n) is 9.00. The summed E-state index contributed by atoms with van der Waals surface area (Å²) in [7, 11) is 0. The zero-order valence-corrected chi connectivity index (χ0v) is 16.9. The Labute approximate surface area is 152 Å². The van der Waals surface area contributed by atoms with Crippen LogP contribution in [0.25, 0.3) is 0 Å². The average Bonchev–Trinajstić information content (AvgIpc) is 3.06. The Morgan fingerprint density at radius 2 is 1.92 bits per heavy atom. The number of hydrogen-bond acceptors (Lipinski definition) is 5. The van der Waals surface area contributed by atoms with Crippen molar-refractivity contribution in [3.63, 3.8) is 0 Å². The van der Waals surface area contributed by atoms with Crippen molar-refractivity contribution in [2.24, 2.45) is 16.7 Å². The maximum Gasteiger partial charge on any atom is 0.312 e. The molecule has 0 spiro atoms. The fourth-order valence-electron chi connectivity index (χ4n) is 3.87. The smallest absolute Gasteiger partial charge is 0.312 e. The molecule has 146 valence electrons. The van der Waals surface area contributed by atoms with E-state index in [1.807, 2.05) is 34.6 Å². The molecule has 1 saturated carbocycles. The number of ether oxygens (including phenoxy) is 3. The lowest BCUT2D eigenvalue weighted by Crippen LogP contribution is -2.44. The first kappa shape index (κ1) is 20.7. The molecule has 0 amide bonds. The van der Waals surface area contributed by atoms with Crippen LogP contribution in [0.4, 0.5) is 0 Å². The molecule has 7 atom stereocenters. The van der Waals surface area contributed by atoms with Gasteiger partial charge in [0.25, 0.3) is 0 Å². The Hall–Kier alpha value is -0.650. The predicted molar refractivity (Wildman–Crippen MR) is 96.0 cm³/mol. The highest BCUT2D eigenvalue weighted by atomic mass is 16.7. The van der Waals surface area contributed by atoms with Crippen LogP contribution in [0.2, 0.25) is 0 Å². The quantitative estimate of drug-likeness (QED) is 0.705. The predicted octanol–water partition coefficient (Wildman–Crippen LogP) is 3.67. The van der Waals surface area contributed by atoms with E-state index in [0.29, 0.717) is 6.42 Å². The maximum absolute atomic E-state index is 12.3. The van der Waals surface area contributed by atoms with Crippen molar-refractivity contribution in [1.29, 1.82) is 0 Å². The highest BCUT2D eigenvalue weighted by Crippen LogP contribution is 2.66. The molecular formula is C20H36O5. The number of carbonyl (C=O) groups excluding carboxylic acids is 1. The highest BCUT2D eigenvalue weighted by molar-refractivity contribution is 5.81. The minimum absolute atomic E-state index is 0.0148. The van der Waals surface area contributed by atoms with E-state index in [1.54, 1.807) is 0 Å². The highest BCUT2D eigenvalue weighted by Gasteiger charge is 2.66. The summed E-state index contributed by atoms with van der Waals surface area (Å²) in [6.07, 6.45) is 2.50. The SMILES string of the molecule is CC(C)OC(=O)[C@]1(C)C[C@]1(C)CC[C@@H](C)O[C@@H]1O[C@@H](C)[C@H](O)C[C@H]1C. The van der Waals surface area contributed by atoms with E-state index in [9.17, 15) is 9.90 Å². The van der Waals surface area contributed by atoms with Crippen molar-refractivity contribution in [2.75, 3.05) is 0 Å². The number of aliphatic hydroxyl groups is 1. The van der Waals surface area contributed by atoms with Crippen LogP contribution in [0.3, 0.4) is 0 Å². The van der Waals surface area contributed by atoms with Crippen LogP contribution in [-0.4, -0.2) is 41.8 Å². The van der Waals surface area contributed by atoms with Crippen LogP contribution < -0.4 is 0 Å². The topological polar surface area (TPSA) is 65.0 Å². The van der Waals surface area contributed by atoms with Gasteiger partial charge in [0.15, 0.2) is 6.29 Å². The van der Waals surface area contributed by atoms with Crippen molar-refractivity contribution in [1.82, 2.24) is 0 Å². The monoisotopic (exact) mass is 356 g/mol. The minimum Gasteiger partial charge on any atom is -0.463 e. The number of carbonyl (C=O) groups is 1. The molecular weight excluding hydrogens is 320 g/mol. The van der Waals surface area contributed by atoms with E-state index in [4.69, 9.17) is 14.2 Å². The van der Waals surface area contributed by atoms with Crippen LogP contribution in [0.15, 0.2) is 0 Å². The fraction of sp³-hybridized carbons (Fsp3) is 0.950. The van der Waals surface area contributed by atoms with Gasteiger partial charge in [-0.1, -0.05) is 13.8 Å². The van der Waals surface area contributed by atoms with Crippen molar-refractivity contribution in [3.05, 3.63) is 0 Å². The fourth-order valence-corrected chi connectivity index (χ4v) is 3.87. The van der Waals surface area contributed by atoms with Gasteiger partial charge in [0.05, 0.1) is 29.8 Å². The van der Waals surface area contributed by atoms with E-state index in [1.165, 1.54) is 0 Å². The second kappa shape index (κ2) is 7.53. The molecule has 0 aromatic rings. The van der Waals surface area contributed by atoms with E-state index < -0.39 is 6.10 Å². The van der Waals surface area contributed by atoms with Gasteiger partial charge in [-0.25, -0.2) is 0 Å². The molecule has 1 saturated heterocycles. The Morgan fingerprint density at radius 1 is 1.28 bits per heavy atom. The molecule has 2 aliphatic rings. The van der Waals surface area contributed by atoms with Gasteiger partial charge in [-0.05, 0) is 65.7 Å². The molecule has 5 nitrogen and oxygen atoms in total. The van der Waals surface area contributed by atoms with Crippen LogP contribution in [0.5, 0.6) is 0 Å². The van der Waals surface area contributed by atoms with Gasteiger partial charge in [0, 0.05) is 5.92 Å². The molecule has 2 rings (SSSR count). The molecule has 0 unspecified atom stereocenters. The van der Waals surface area contributed by atoms with Gasteiger partial charge in [0.1, 0.15) is 0 Å². The van der Waals surface area contributed by atoms with Gasteiger partial charge in [-0.3, -0.25) is 4.79 Å². The summed E-state index contributed by atoms with van der Waals surface area (Å²) in [4.78, 5) is 12.3. The molecule has 1 heterocycles. The number of rotatable bonds is 7. The Kier molecular flexibility index (Phi) is 6.22. The second-order valence-corrected chi connectivity index (χ2v) is 9.00. The Bertz CT molecular complexity index is 479. The molecule has 0 aromatic heterocycles. The first-order chi connectivity index (χ1) is 11.5. The average molecular weight is 357 g/mol. The van der Waals surface area contributed by atoms with Gasteiger partial charge in [-0.2, -0.15) is 0 Å². The minimum atomic E-state index is -0.414. The molecule has 1 aliphatic heterocycles. The van der Waals surface area contributed by atoms with E-state index in [2.05, 4.69) is 13.8 Å². The molecule has 5 heteroatoms. The van der Waals surface area contributed by atoms with Crippen LogP contribution >= 0.6 is 0 Å².